The SMILES string of the molecule is C#CC1(O)CCC(C(=O)Nc2ccc(OC)nc2OC(F)F)(c2ccccc2C(C)C)CC1.CC. The number of halogens is 2. The highest BCUT2D eigenvalue weighted by molar-refractivity contribution is 6.00. The van der Waals surface area contributed by atoms with Gasteiger partial charge in [-0.2, -0.15) is 13.8 Å². The van der Waals surface area contributed by atoms with E-state index in [4.69, 9.17) is 11.2 Å². The van der Waals surface area contributed by atoms with Crippen LogP contribution in [0.3, 0.4) is 0 Å². The molecule has 1 aromatic carbocycles. The zero-order chi connectivity index (χ0) is 26.2. The number of ether oxygens (including phenoxy) is 2. The van der Waals surface area contributed by atoms with Crippen molar-refractivity contribution in [2.45, 2.75) is 76.9 Å². The minimum Gasteiger partial charge on any atom is -0.481 e. The van der Waals surface area contributed by atoms with Crippen LogP contribution in [-0.2, 0) is 10.2 Å². The third-order valence-electron chi connectivity index (χ3n) is 6.23. The Morgan fingerprint density at radius 1 is 1.14 bits per heavy atom. The first kappa shape index (κ1) is 28.1. The maximum absolute atomic E-state index is 13.8. The zero-order valence-corrected chi connectivity index (χ0v) is 20.9. The molecule has 1 saturated carbocycles. The van der Waals surface area contributed by atoms with Gasteiger partial charge in [0, 0.05) is 6.07 Å². The Labute approximate surface area is 206 Å². The number of carbonyl (C=O) groups excluding carboxylic acids is 1. The van der Waals surface area contributed by atoms with Gasteiger partial charge in [0.1, 0.15) is 11.3 Å². The van der Waals surface area contributed by atoms with Gasteiger partial charge in [-0.1, -0.05) is 57.9 Å². The summed E-state index contributed by atoms with van der Waals surface area (Å²) in [6, 6.07) is 10.5. The number of anilines is 1. The number of aliphatic hydroxyl groups is 1. The Morgan fingerprint density at radius 2 is 1.77 bits per heavy atom. The van der Waals surface area contributed by atoms with E-state index in [0.29, 0.717) is 0 Å². The predicted octanol–water partition coefficient (Wildman–Crippen LogP) is 5.66. The summed E-state index contributed by atoms with van der Waals surface area (Å²) in [4.78, 5) is 17.7. The Hall–Kier alpha value is -3.18. The molecule has 1 aromatic heterocycles. The molecular weight excluding hydrogens is 454 g/mol. The third-order valence-corrected chi connectivity index (χ3v) is 6.23. The van der Waals surface area contributed by atoms with Crippen LogP contribution in [0.4, 0.5) is 14.5 Å². The number of terminal acetylenes is 1. The summed E-state index contributed by atoms with van der Waals surface area (Å²) in [5, 5.41) is 13.4. The molecule has 0 unspecified atom stereocenters. The molecule has 1 amide bonds. The lowest BCUT2D eigenvalue weighted by molar-refractivity contribution is -0.124. The number of methoxy groups -OCH3 is 1. The fourth-order valence-electron chi connectivity index (χ4n) is 4.34. The van der Waals surface area contributed by atoms with E-state index in [9.17, 15) is 18.7 Å². The summed E-state index contributed by atoms with van der Waals surface area (Å²) >= 11 is 0. The first-order chi connectivity index (χ1) is 16.6. The molecule has 8 heteroatoms. The predicted molar refractivity (Wildman–Crippen MR) is 132 cm³/mol. The quantitative estimate of drug-likeness (QED) is 0.492. The highest BCUT2D eigenvalue weighted by atomic mass is 19.3. The highest BCUT2D eigenvalue weighted by Crippen LogP contribution is 2.46. The Balaban J connectivity index is 0.00000210. The lowest BCUT2D eigenvalue weighted by Gasteiger charge is -2.42. The number of alkyl halides is 2. The van der Waals surface area contributed by atoms with Gasteiger partial charge >= 0.3 is 6.61 Å². The summed E-state index contributed by atoms with van der Waals surface area (Å²) in [5.41, 5.74) is -0.487. The summed E-state index contributed by atoms with van der Waals surface area (Å²) in [5.74, 6) is 1.80. The molecule has 0 aliphatic heterocycles. The van der Waals surface area contributed by atoms with E-state index >= 15 is 0 Å². The number of nitrogens with zero attached hydrogens (tertiary/aromatic N) is 1. The van der Waals surface area contributed by atoms with Crippen molar-refractivity contribution in [3.63, 3.8) is 0 Å². The van der Waals surface area contributed by atoms with Gasteiger partial charge in [0.15, 0.2) is 0 Å². The van der Waals surface area contributed by atoms with Crippen molar-refractivity contribution in [2.24, 2.45) is 0 Å². The lowest BCUT2D eigenvalue weighted by Crippen LogP contribution is -2.48. The lowest BCUT2D eigenvalue weighted by atomic mass is 9.63. The first-order valence-electron chi connectivity index (χ1n) is 11.7. The van der Waals surface area contributed by atoms with E-state index in [1.807, 2.05) is 52.0 Å². The average molecular weight is 489 g/mol. The average Bonchev–Trinajstić information content (AvgIpc) is 2.86. The van der Waals surface area contributed by atoms with Gasteiger partial charge in [-0.15, -0.1) is 6.42 Å². The van der Waals surface area contributed by atoms with Gasteiger partial charge < -0.3 is 19.9 Å². The van der Waals surface area contributed by atoms with E-state index in [1.54, 1.807) is 0 Å². The Kier molecular flexibility index (Phi) is 9.61. The second-order valence-electron chi connectivity index (χ2n) is 8.54. The summed E-state index contributed by atoms with van der Waals surface area (Å²) in [7, 11) is 1.35. The van der Waals surface area contributed by atoms with Gasteiger partial charge in [0.25, 0.3) is 0 Å². The maximum atomic E-state index is 13.8. The van der Waals surface area contributed by atoms with Gasteiger partial charge in [-0.05, 0) is 48.8 Å². The topological polar surface area (TPSA) is 80.7 Å². The molecule has 0 atom stereocenters. The molecule has 6 nitrogen and oxygen atoms in total. The molecule has 2 aromatic rings. The Bertz CT molecular complexity index is 1040. The van der Waals surface area contributed by atoms with E-state index < -0.39 is 29.4 Å². The molecule has 190 valence electrons. The first-order valence-corrected chi connectivity index (χ1v) is 11.7. The van der Waals surface area contributed by atoms with Gasteiger partial charge in [0.2, 0.25) is 17.7 Å². The number of hydrogen-bond donors (Lipinski definition) is 2. The third kappa shape index (κ3) is 6.29. The van der Waals surface area contributed by atoms with Crippen molar-refractivity contribution < 1.29 is 28.2 Å². The van der Waals surface area contributed by atoms with E-state index in [0.717, 1.165) is 11.1 Å². The molecule has 0 bridgehead atoms. The molecule has 0 radical (unpaired) electrons. The number of carbonyl (C=O) groups is 1. The maximum Gasteiger partial charge on any atom is 0.388 e. The second-order valence-corrected chi connectivity index (χ2v) is 8.54. The van der Waals surface area contributed by atoms with Crippen molar-refractivity contribution in [2.75, 3.05) is 12.4 Å². The van der Waals surface area contributed by atoms with Crippen LogP contribution in [0.15, 0.2) is 36.4 Å². The van der Waals surface area contributed by atoms with E-state index in [-0.39, 0.29) is 43.2 Å². The van der Waals surface area contributed by atoms with Crippen LogP contribution in [0.25, 0.3) is 0 Å². The number of benzene rings is 1. The van der Waals surface area contributed by atoms with Crippen LogP contribution < -0.4 is 14.8 Å². The molecule has 2 N–H and O–H groups in total. The zero-order valence-electron chi connectivity index (χ0n) is 20.9. The monoisotopic (exact) mass is 488 g/mol. The van der Waals surface area contributed by atoms with Crippen LogP contribution in [0.2, 0.25) is 0 Å². The molecule has 1 heterocycles. The number of nitrogens with one attached hydrogen (secondary N) is 1. The standard InChI is InChI=1S/C25H28F2N2O4.C2H6/c1-5-24(31)12-14-25(15-13-24,18-9-7-6-8-17(18)16(2)3)22(30)28-19-10-11-20(32-4)29-21(19)33-23(26)27;1-2/h1,6-11,16,23,31H,12-15H2,2-4H3,(H,28,30);1-2H3. The molecule has 0 saturated heterocycles. The second kappa shape index (κ2) is 12.0. The molecule has 1 fully saturated rings. The van der Waals surface area contributed by atoms with Crippen LogP contribution in [-0.4, -0.2) is 35.3 Å². The van der Waals surface area contributed by atoms with Crippen LogP contribution >= 0.6 is 0 Å². The van der Waals surface area contributed by atoms with Gasteiger partial charge in [-0.3, -0.25) is 4.79 Å². The number of pyridine rings is 1. The van der Waals surface area contributed by atoms with Crippen molar-refractivity contribution in [1.82, 2.24) is 4.98 Å². The van der Waals surface area contributed by atoms with Crippen LogP contribution in [0.5, 0.6) is 11.8 Å². The molecular formula is C27H34F2N2O4. The summed E-state index contributed by atoms with van der Waals surface area (Å²) in [6.07, 6.45) is 6.56. The van der Waals surface area contributed by atoms with Crippen LogP contribution in [0.1, 0.15) is 70.4 Å². The van der Waals surface area contributed by atoms with E-state index in [1.165, 1.54) is 19.2 Å². The van der Waals surface area contributed by atoms with Crippen molar-refractivity contribution in [3.05, 3.63) is 47.5 Å². The normalized spacial score (nSPS) is 21.5. The molecule has 35 heavy (non-hydrogen) atoms. The van der Waals surface area contributed by atoms with Crippen molar-refractivity contribution in [3.8, 4) is 24.1 Å². The minimum absolute atomic E-state index is 0.000267. The molecule has 3 rings (SSSR count). The van der Waals surface area contributed by atoms with Crippen molar-refractivity contribution >= 4 is 11.6 Å². The van der Waals surface area contributed by atoms with Gasteiger partial charge in [0.05, 0.1) is 12.5 Å². The highest BCUT2D eigenvalue weighted by Gasteiger charge is 2.48. The summed E-state index contributed by atoms with van der Waals surface area (Å²) < 4.78 is 35.5. The molecule has 1 aliphatic rings. The van der Waals surface area contributed by atoms with Crippen molar-refractivity contribution in [1.29, 1.82) is 0 Å². The smallest absolute Gasteiger partial charge is 0.388 e. The largest absolute Gasteiger partial charge is 0.481 e. The summed E-state index contributed by atoms with van der Waals surface area (Å²) in [6.45, 7) is 4.94. The van der Waals surface area contributed by atoms with Gasteiger partial charge in [-0.25, -0.2) is 0 Å². The minimum atomic E-state index is -3.13. The molecule has 1 aliphatic carbocycles. The van der Waals surface area contributed by atoms with E-state index in [2.05, 4.69) is 21.0 Å². The number of aromatic nitrogens is 1. The Morgan fingerprint density at radius 3 is 2.31 bits per heavy atom. The fraction of sp³-hybridized carbons (Fsp3) is 0.481. The fourth-order valence-corrected chi connectivity index (χ4v) is 4.34. The number of hydrogen-bond acceptors (Lipinski definition) is 5. The van der Waals surface area contributed by atoms with Crippen LogP contribution in [0, 0.1) is 12.3 Å². The molecule has 0 spiro atoms. The number of amides is 1. The number of rotatable bonds is 7.